The van der Waals surface area contributed by atoms with Crippen LogP contribution in [0.1, 0.15) is 33.1 Å². The molecule has 1 aliphatic rings. The summed E-state index contributed by atoms with van der Waals surface area (Å²) in [6.07, 6.45) is 1.85. The number of carbonyl (C=O) groups excluding carboxylic acids is 2. The fourth-order valence-corrected chi connectivity index (χ4v) is 3.87. The summed E-state index contributed by atoms with van der Waals surface area (Å²) < 4.78 is 2.70. The number of aryl methyl sites for hydroxylation is 1. The zero-order valence-corrected chi connectivity index (χ0v) is 19.0. The number of amides is 2. The number of hydrazone groups is 1. The number of benzene rings is 3. The van der Waals surface area contributed by atoms with E-state index in [1.165, 1.54) is 0 Å². The number of hydrogen-bond donors (Lipinski definition) is 2. The first kappa shape index (κ1) is 21.3. The van der Waals surface area contributed by atoms with Crippen LogP contribution in [0.25, 0.3) is 0 Å². The van der Waals surface area contributed by atoms with Crippen LogP contribution in [-0.2, 0) is 4.79 Å². The van der Waals surface area contributed by atoms with Crippen molar-refractivity contribution in [3.05, 3.63) is 105 Å². The summed E-state index contributed by atoms with van der Waals surface area (Å²) in [4.78, 5) is 25.7. The third-order valence-electron chi connectivity index (χ3n) is 5.11. The van der Waals surface area contributed by atoms with E-state index < -0.39 is 12.1 Å². The van der Waals surface area contributed by atoms with Crippen molar-refractivity contribution >= 4 is 45.6 Å². The molecule has 1 saturated heterocycles. The molecular weight excluding hydrogens is 478 g/mol. The lowest BCUT2D eigenvalue weighted by Crippen LogP contribution is -2.42. The lowest BCUT2D eigenvalue weighted by atomic mass is 9.99. The number of carbonyl (C=O) groups is 2. The van der Waals surface area contributed by atoms with Crippen LogP contribution in [-0.4, -0.2) is 28.8 Å². The van der Waals surface area contributed by atoms with Crippen LogP contribution in [0.15, 0.2) is 77.3 Å². The predicted molar refractivity (Wildman–Crippen MR) is 124 cm³/mol. The average Bonchev–Trinajstić information content (AvgIpc) is 3.05. The minimum absolute atomic E-state index is 0.284. The van der Waals surface area contributed by atoms with Crippen LogP contribution < -0.4 is 10.7 Å². The van der Waals surface area contributed by atoms with E-state index in [1.54, 1.807) is 28.9 Å². The Morgan fingerprint density at radius 2 is 1.68 bits per heavy atom. The molecule has 3 aromatic carbocycles. The fraction of sp³-hybridized carbons (Fsp3) is 0.125. The third kappa shape index (κ3) is 4.86. The van der Waals surface area contributed by atoms with Gasteiger partial charge in [0.15, 0.2) is 6.04 Å². The maximum atomic E-state index is 12.9. The Kier molecular flexibility index (Phi) is 6.20. The van der Waals surface area contributed by atoms with Gasteiger partial charge in [0.25, 0.3) is 5.91 Å². The van der Waals surface area contributed by atoms with Crippen molar-refractivity contribution in [3.8, 4) is 0 Å². The van der Waals surface area contributed by atoms with Crippen molar-refractivity contribution in [1.29, 1.82) is 0 Å². The molecule has 0 aromatic heterocycles. The van der Waals surface area contributed by atoms with E-state index in [1.807, 2.05) is 61.7 Å². The van der Waals surface area contributed by atoms with Crippen molar-refractivity contribution in [1.82, 2.24) is 10.7 Å². The summed E-state index contributed by atoms with van der Waals surface area (Å²) in [6.45, 7) is 1.96. The van der Waals surface area contributed by atoms with Crippen LogP contribution in [0.4, 0.5) is 0 Å². The Bertz CT molecular complexity index is 1140. The van der Waals surface area contributed by atoms with Gasteiger partial charge in [-0.25, -0.2) is 0 Å². The summed E-state index contributed by atoms with van der Waals surface area (Å²) in [6, 6.07) is 21.0. The molecule has 0 radical (unpaired) electrons. The number of halogens is 2. The molecule has 1 fully saturated rings. The van der Waals surface area contributed by atoms with Gasteiger partial charge in [0, 0.05) is 26.2 Å². The maximum Gasteiger partial charge on any atom is 0.304 e. The van der Waals surface area contributed by atoms with Crippen LogP contribution in [0.2, 0.25) is 5.02 Å². The molecule has 4 rings (SSSR count). The van der Waals surface area contributed by atoms with Gasteiger partial charge in [-0.1, -0.05) is 57.4 Å². The molecule has 0 bridgehead atoms. The van der Waals surface area contributed by atoms with Gasteiger partial charge in [0.2, 0.25) is 12.3 Å². The van der Waals surface area contributed by atoms with E-state index in [0.29, 0.717) is 10.6 Å². The van der Waals surface area contributed by atoms with E-state index in [2.05, 4.69) is 26.7 Å². The highest BCUT2D eigenvalue weighted by Crippen LogP contribution is 2.27. The van der Waals surface area contributed by atoms with Crippen LogP contribution >= 0.6 is 27.5 Å². The summed E-state index contributed by atoms with van der Waals surface area (Å²) in [5.74, 6) is -0.585. The zero-order chi connectivity index (χ0) is 22.0. The summed E-state index contributed by atoms with van der Waals surface area (Å²) in [7, 11) is 0. The van der Waals surface area contributed by atoms with Crippen molar-refractivity contribution in [3.63, 3.8) is 0 Å². The molecule has 7 heteroatoms. The van der Waals surface area contributed by atoms with Gasteiger partial charge in [-0.05, 0) is 55.5 Å². The van der Waals surface area contributed by atoms with Crippen molar-refractivity contribution in [2.45, 2.75) is 19.0 Å². The predicted octanol–water partition coefficient (Wildman–Crippen LogP) is 4.43. The molecule has 2 amide bonds. The smallest absolute Gasteiger partial charge is 0.304 e. The number of nitrogens with one attached hydrogen (secondary N) is 2. The zero-order valence-electron chi connectivity index (χ0n) is 16.7. The van der Waals surface area contributed by atoms with Gasteiger partial charge in [0.1, 0.15) is 0 Å². The maximum absolute atomic E-state index is 12.9. The van der Waals surface area contributed by atoms with E-state index >= 15 is 0 Å². The Balaban J connectivity index is 1.69. The number of rotatable bonds is 4. The first-order valence-corrected chi connectivity index (χ1v) is 10.9. The first-order chi connectivity index (χ1) is 14.9. The molecule has 0 spiro atoms. The second-order valence-electron chi connectivity index (χ2n) is 7.38. The Morgan fingerprint density at radius 3 is 2.32 bits per heavy atom. The molecule has 0 saturated carbocycles. The molecule has 156 valence electrons. The minimum Gasteiger partial charge on any atom is -0.334 e. The molecule has 2 N–H and O–H groups in total. The molecule has 3 aromatic rings. The topological polar surface area (TPSA) is 61.2 Å². The minimum atomic E-state index is -0.776. The number of nitrogens with zero attached hydrogens (tertiary/aromatic N) is 1. The molecule has 1 heterocycles. The highest BCUT2D eigenvalue weighted by Gasteiger charge is 2.47. The molecule has 2 atom stereocenters. The first-order valence-electron chi connectivity index (χ1n) is 9.73. The average molecular weight is 498 g/mol. The second kappa shape index (κ2) is 9.04. The summed E-state index contributed by atoms with van der Waals surface area (Å²) in [5.41, 5.74) is 6.20. The number of hydrogen-bond acceptors (Lipinski definition) is 2. The SMILES string of the molecule is Cc1ccc(C(=O)N[C@@H]2C(=O)N/[N+](=C\c3ccc(Br)cc3)[C@@H]2c2ccc(Cl)cc2)cc1. The third-order valence-corrected chi connectivity index (χ3v) is 5.89. The fourth-order valence-electron chi connectivity index (χ4n) is 3.48. The van der Waals surface area contributed by atoms with Gasteiger partial charge >= 0.3 is 5.91 Å². The van der Waals surface area contributed by atoms with Gasteiger partial charge in [-0.3, -0.25) is 9.59 Å². The Hall–Kier alpha value is -2.96. The van der Waals surface area contributed by atoms with Crippen molar-refractivity contribution in [2.24, 2.45) is 0 Å². The van der Waals surface area contributed by atoms with Crippen LogP contribution in [0.5, 0.6) is 0 Å². The normalized spacial score (nSPS) is 19.3. The lowest BCUT2D eigenvalue weighted by molar-refractivity contribution is -0.596. The monoisotopic (exact) mass is 496 g/mol. The summed E-state index contributed by atoms with van der Waals surface area (Å²) in [5, 5.41) is 3.50. The van der Waals surface area contributed by atoms with Crippen LogP contribution in [0.3, 0.4) is 0 Å². The van der Waals surface area contributed by atoms with E-state index in [0.717, 1.165) is 21.2 Å². The van der Waals surface area contributed by atoms with Gasteiger partial charge < -0.3 is 5.32 Å². The highest BCUT2D eigenvalue weighted by atomic mass is 79.9. The molecule has 1 aliphatic heterocycles. The van der Waals surface area contributed by atoms with Crippen molar-refractivity contribution < 1.29 is 14.3 Å². The largest absolute Gasteiger partial charge is 0.334 e. The Labute approximate surface area is 193 Å². The number of hydrazine groups is 1. The standard InChI is InChI=1S/C24H19BrClN3O2/c1-15-2-6-18(7-3-15)23(30)27-21-22(17-8-12-20(26)13-9-17)29(28-24(21)31)14-16-4-10-19(25)11-5-16/h2-14,21-22H,1H3,(H-,27,28,30,31)/p+1/b29-14-/t21-,22+/m0/s1. The highest BCUT2D eigenvalue weighted by molar-refractivity contribution is 9.10. The van der Waals surface area contributed by atoms with Crippen LogP contribution in [0, 0.1) is 6.92 Å². The van der Waals surface area contributed by atoms with E-state index in [4.69, 9.17) is 11.6 Å². The quantitative estimate of drug-likeness (QED) is 0.524. The molecule has 0 unspecified atom stereocenters. The molecular formula is C24H20BrClN3O2+. The van der Waals surface area contributed by atoms with Crippen molar-refractivity contribution in [2.75, 3.05) is 0 Å². The Morgan fingerprint density at radius 1 is 1.03 bits per heavy atom. The van der Waals surface area contributed by atoms with E-state index in [-0.39, 0.29) is 11.8 Å². The van der Waals surface area contributed by atoms with Gasteiger partial charge in [0.05, 0.1) is 0 Å². The van der Waals surface area contributed by atoms with Gasteiger partial charge in [-0.2, -0.15) is 0 Å². The summed E-state index contributed by atoms with van der Waals surface area (Å²) >= 11 is 9.49. The molecule has 0 aliphatic carbocycles. The second-order valence-corrected chi connectivity index (χ2v) is 8.73. The molecule has 31 heavy (non-hydrogen) atoms. The van der Waals surface area contributed by atoms with Gasteiger partial charge in [-0.15, -0.1) is 10.1 Å². The van der Waals surface area contributed by atoms with E-state index in [9.17, 15) is 9.59 Å². The lowest BCUT2D eigenvalue weighted by Gasteiger charge is -2.15. The molecule has 5 nitrogen and oxygen atoms in total.